The second kappa shape index (κ2) is 3.38. The molecular weight excluding hydrogens is 184 g/mol. The van der Waals surface area contributed by atoms with Crippen molar-refractivity contribution in [3.63, 3.8) is 0 Å². The number of hydrazine groups is 1. The second-order valence-electron chi connectivity index (χ2n) is 2.65. The van der Waals surface area contributed by atoms with Gasteiger partial charge in [0.2, 0.25) is 11.6 Å². The van der Waals surface area contributed by atoms with Gasteiger partial charge in [0.15, 0.2) is 0 Å². The Balaban J connectivity index is 2.34. The van der Waals surface area contributed by atoms with Gasteiger partial charge >= 0.3 is 6.01 Å². The smallest absolute Gasteiger partial charge is 0.314 e. The Morgan fingerprint density at radius 2 is 2.00 bits per heavy atom. The van der Waals surface area contributed by atoms with Crippen LogP contribution in [0.5, 0.6) is 0 Å². The van der Waals surface area contributed by atoms with Crippen molar-refractivity contribution in [1.82, 2.24) is 20.1 Å². The third-order valence-corrected chi connectivity index (χ3v) is 1.53. The lowest BCUT2D eigenvalue weighted by molar-refractivity contribution is 0.432. The van der Waals surface area contributed by atoms with Crippen LogP contribution in [0.25, 0.3) is 11.6 Å². The summed E-state index contributed by atoms with van der Waals surface area (Å²) >= 11 is 0. The van der Waals surface area contributed by atoms with Crippen molar-refractivity contribution in [1.29, 1.82) is 0 Å². The molecule has 0 fully saturated rings. The molecule has 3 N–H and O–H groups in total. The number of nitrogen functional groups attached to an aromatic ring is 1. The van der Waals surface area contributed by atoms with Gasteiger partial charge in [-0.1, -0.05) is 5.16 Å². The van der Waals surface area contributed by atoms with Gasteiger partial charge in [-0.05, 0) is 12.5 Å². The predicted molar refractivity (Wildman–Crippen MR) is 47.9 cm³/mol. The van der Waals surface area contributed by atoms with Crippen LogP contribution in [0.2, 0.25) is 0 Å². The Morgan fingerprint density at radius 1 is 1.29 bits per heavy atom. The zero-order valence-electron chi connectivity index (χ0n) is 7.43. The van der Waals surface area contributed by atoms with E-state index >= 15 is 0 Å². The van der Waals surface area contributed by atoms with Crippen LogP contribution in [0.15, 0.2) is 16.9 Å². The number of anilines is 1. The van der Waals surface area contributed by atoms with E-state index in [0.29, 0.717) is 11.6 Å². The number of rotatable bonds is 2. The summed E-state index contributed by atoms with van der Waals surface area (Å²) in [7, 11) is 0. The molecule has 0 aromatic carbocycles. The van der Waals surface area contributed by atoms with E-state index in [2.05, 4.69) is 25.5 Å². The molecule has 0 amide bonds. The van der Waals surface area contributed by atoms with Crippen molar-refractivity contribution in [3.8, 4) is 11.6 Å². The standard InChI is InChI=1S/C7H8N6O/c1-4-2-9-5(10-3-4)6-11-7(12-8)14-13-6/h2-3H,8H2,1H3,(H,11,12,13). The minimum Gasteiger partial charge on any atom is -0.314 e. The third-order valence-electron chi connectivity index (χ3n) is 1.53. The Bertz CT molecular complexity index is 422. The maximum absolute atomic E-state index is 5.08. The number of nitrogens with two attached hydrogens (primary N) is 1. The van der Waals surface area contributed by atoms with Gasteiger partial charge in [-0.25, -0.2) is 15.8 Å². The summed E-state index contributed by atoms with van der Waals surface area (Å²) in [4.78, 5) is 12.0. The third kappa shape index (κ3) is 1.52. The van der Waals surface area contributed by atoms with E-state index in [1.807, 2.05) is 6.92 Å². The summed E-state index contributed by atoms with van der Waals surface area (Å²) in [5.41, 5.74) is 3.20. The monoisotopic (exact) mass is 192 g/mol. The molecule has 0 aliphatic rings. The molecule has 0 saturated heterocycles. The Morgan fingerprint density at radius 3 is 2.57 bits per heavy atom. The van der Waals surface area contributed by atoms with E-state index in [0.717, 1.165) is 5.56 Å². The van der Waals surface area contributed by atoms with Crippen molar-refractivity contribution >= 4 is 6.01 Å². The van der Waals surface area contributed by atoms with Gasteiger partial charge in [-0.2, -0.15) is 4.98 Å². The number of hydrogen-bond acceptors (Lipinski definition) is 7. The van der Waals surface area contributed by atoms with Gasteiger partial charge in [-0.15, -0.1) is 0 Å². The summed E-state index contributed by atoms with van der Waals surface area (Å²) in [5.74, 6) is 5.79. The molecule has 14 heavy (non-hydrogen) atoms. The fourth-order valence-electron chi connectivity index (χ4n) is 0.881. The van der Waals surface area contributed by atoms with E-state index in [1.54, 1.807) is 12.4 Å². The maximum atomic E-state index is 5.08. The SMILES string of the molecule is Cc1cnc(-c2noc(NN)n2)nc1. The molecule has 2 rings (SSSR count). The molecule has 0 aliphatic heterocycles. The molecule has 7 heteroatoms. The molecule has 2 heterocycles. The highest BCUT2D eigenvalue weighted by Gasteiger charge is 2.09. The van der Waals surface area contributed by atoms with Crippen LogP contribution < -0.4 is 11.3 Å². The lowest BCUT2D eigenvalue weighted by atomic mass is 10.4. The van der Waals surface area contributed by atoms with Gasteiger partial charge in [-0.3, -0.25) is 5.43 Å². The Hall–Kier alpha value is -2.02. The topological polar surface area (TPSA) is 103 Å². The van der Waals surface area contributed by atoms with Gasteiger partial charge in [0.1, 0.15) is 0 Å². The molecule has 2 aromatic rings. The zero-order chi connectivity index (χ0) is 9.97. The minimum atomic E-state index is 0.129. The first-order valence-corrected chi connectivity index (χ1v) is 3.89. The second-order valence-corrected chi connectivity index (χ2v) is 2.65. The lowest BCUT2D eigenvalue weighted by Crippen LogP contribution is -2.06. The van der Waals surface area contributed by atoms with Crippen LogP contribution in [0.3, 0.4) is 0 Å². The summed E-state index contributed by atoms with van der Waals surface area (Å²) in [5, 5.41) is 3.63. The number of aromatic nitrogens is 4. The first-order chi connectivity index (χ1) is 6.79. The number of nitrogens with one attached hydrogen (secondary N) is 1. The van der Waals surface area contributed by atoms with Crippen molar-refractivity contribution in [2.24, 2.45) is 5.84 Å². The molecule has 0 unspecified atom stereocenters. The highest BCUT2D eigenvalue weighted by Crippen LogP contribution is 2.11. The van der Waals surface area contributed by atoms with Crippen molar-refractivity contribution in [3.05, 3.63) is 18.0 Å². The van der Waals surface area contributed by atoms with E-state index in [4.69, 9.17) is 10.4 Å². The minimum absolute atomic E-state index is 0.129. The van der Waals surface area contributed by atoms with Crippen molar-refractivity contribution in [2.75, 3.05) is 5.43 Å². The molecule has 0 bridgehead atoms. The number of nitrogens with zero attached hydrogens (tertiary/aromatic N) is 4. The van der Waals surface area contributed by atoms with Gasteiger partial charge < -0.3 is 4.52 Å². The fourth-order valence-corrected chi connectivity index (χ4v) is 0.881. The Labute approximate surface area is 79.3 Å². The predicted octanol–water partition coefficient (Wildman–Crippen LogP) is 0.121. The van der Waals surface area contributed by atoms with Crippen molar-refractivity contribution in [2.45, 2.75) is 6.92 Å². The van der Waals surface area contributed by atoms with Crippen LogP contribution in [-0.2, 0) is 0 Å². The van der Waals surface area contributed by atoms with Gasteiger partial charge in [0, 0.05) is 12.4 Å². The van der Waals surface area contributed by atoms with E-state index in [-0.39, 0.29) is 6.01 Å². The number of aryl methyl sites for hydroxylation is 1. The summed E-state index contributed by atoms with van der Waals surface area (Å²) < 4.78 is 4.72. The molecule has 0 spiro atoms. The average Bonchev–Trinajstić information content (AvgIpc) is 2.67. The lowest BCUT2D eigenvalue weighted by Gasteiger charge is -1.92. The fraction of sp³-hybridized carbons (Fsp3) is 0.143. The molecule has 72 valence electrons. The quantitative estimate of drug-likeness (QED) is 0.514. The molecule has 2 aromatic heterocycles. The molecule has 7 nitrogen and oxygen atoms in total. The highest BCUT2D eigenvalue weighted by atomic mass is 16.5. The van der Waals surface area contributed by atoms with E-state index in [1.165, 1.54) is 0 Å². The number of hydrogen-bond donors (Lipinski definition) is 2. The van der Waals surface area contributed by atoms with Crippen LogP contribution in [0, 0.1) is 6.92 Å². The van der Waals surface area contributed by atoms with Crippen LogP contribution >= 0.6 is 0 Å². The summed E-state index contributed by atoms with van der Waals surface area (Å²) in [6.07, 6.45) is 3.35. The van der Waals surface area contributed by atoms with Gasteiger partial charge in [0.25, 0.3) is 0 Å². The average molecular weight is 192 g/mol. The normalized spacial score (nSPS) is 10.1. The molecule has 0 aliphatic carbocycles. The first kappa shape index (κ1) is 8.57. The maximum Gasteiger partial charge on any atom is 0.336 e. The van der Waals surface area contributed by atoms with E-state index in [9.17, 15) is 0 Å². The van der Waals surface area contributed by atoms with Crippen molar-refractivity contribution < 1.29 is 4.52 Å². The van der Waals surface area contributed by atoms with Crippen LogP contribution in [0.1, 0.15) is 5.56 Å². The zero-order valence-corrected chi connectivity index (χ0v) is 7.43. The first-order valence-electron chi connectivity index (χ1n) is 3.89. The molecule has 0 radical (unpaired) electrons. The largest absolute Gasteiger partial charge is 0.336 e. The molecule has 0 saturated carbocycles. The molecule has 0 atom stereocenters. The van der Waals surface area contributed by atoms with Gasteiger partial charge in [0.05, 0.1) is 0 Å². The van der Waals surface area contributed by atoms with Crippen LogP contribution in [-0.4, -0.2) is 20.1 Å². The summed E-state index contributed by atoms with van der Waals surface area (Å²) in [6.45, 7) is 1.90. The van der Waals surface area contributed by atoms with Crippen LogP contribution in [0.4, 0.5) is 6.01 Å². The summed E-state index contributed by atoms with van der Waals surface area (Å²) in [6, 6.07) is 0.129. The molecular formula is C7H8N6O. The Kier molecular flexibility index (Phi) is 2.07. The highest BCUT2D eigenvalue weighted by molar-refractivity contribution is 5.43. The van der Waals surface area contributed by atoms with E-state index < -0.39 is 0 Å².